The summed E-state index contributed by atoms with van der Waals surface area (Å²) in [5.74, 6) is 0.429. The highest BCUT2D eigenvalue weighted by Crippen LogP contribution is 2.35. The van der Waals surface area contributed by atoms with Crippen molar-refractivity contribution in [3.05, 3.63) is 58.9 Å². The van der Waals surface area contributed by atoms with E-state index in [1.54, 1.807) is 25.3 Å². The van der Waals surface area contributed by atoms with Crippen LogP contribution in [0.4, 0.5) is 4.39 Å². The predicted octanol–water partition coefficient (Wildman–Crippen LogP) is 3.71. The molecule has 1 saturated heterocycles. The van der Waals surface area contributed by atoms with E-state index >= 15 is 0 Å². The Bertz CT molecular complexity index is 927. The SMILES string of the molecule is Cc1nc([C@@H]2CCCCN2C(=O)C2CCC2)ncc1C(=O)NCc1ccc(F)cc1. The molecule has 0 radical (unpaired) electrons. The second-order valence-electron chi connectivity index (χ2n) is 8.21. The largest absolute Gasteiger partial charge is 0.348 e. The normalized spacial score (nSPS) is 19.3. The molecule has 2 amide bonds. The Hall–Kier alpha value is -2.83. The van der Waals surface area contributed by atoms with Crippen molar-refractivity contribution in [3.63, 3.8) is 0 Å². The van der Waals surface area contributed by atoms with Crippen LogP contribution in [0.25, 0.3) is 0 Å². The maximum absolute atomic E-state index is 13.0. The molecular formula is C23H27FN4O2. The van der Waals surface area contributed by atoms with Crippen molar-refractivity contribution in [3.8, 4) is 0 Å². The standard InChI is InChI=1S/C23H27FN4O2/c1-15-19(22(29)26-13-16-8-10-18(24)11-9-16)14-25-21(27-15)20-7-2-3-12-28(20)23(30)17-5-4-6-17/h8-11,14,17,20H,2-7,12-13H2,1H3,(H,26,29)/t20-/m0/s1. The summed E-state index contributed by atoms with van der Waals surface area (Å²) in [5, 5.41) is 2.83. The Morgan fingerprint density at radius 3 is 2.57 bits per heavy atom. The molecule has 2 aliphatic rings. The summed E-state index contributed by atoms with van der Waals surface area (Å²) in [6.45, 7) is 2.84. The first kappa shape index (κ1) is 20.4. The van der Waals surface area contributed by atoms with Crippen LogP contribution in [0.5, 0.6) is 0 Å². The molecule has 1 aliphatic heterocycles. The molecule has 1 N–H and O–H groups in total. The van der Waals surface area contributed by atoms with E-state index in [0.717, 1.165) is 50.6 Å². The van der Waals surface area contributed by atoms with Crippen LogP contribution in [-0.2, 0) is 11.3 Å². The summed E-state index contributed by atoms with van der Waals surface area (Å²) >= 11 is 0. The summed E-state index contributed by atoms with van der Waals surface area (Å²) in [6.07, 6.45) is 7.56. The van der Waals surface area contributed by atoms with Gasteiger partial charge < -0.3 is 10.2 Å². The maximum atomic E-state index is 13.0. The van der Waals surface area contributed by atoms with Gasteiger partial charge in [0.2, 0.25) is 5.91 Å². The molecule has 158 valence electrons. The average Bonchev–Trinajstić information content (AvgIpc) is 2.71. The van der Waals surface area contributed by atoms with Crippen molar-refractivity contribution in [2.45, 2.75) is 58.0 Å². The molecule has 2 aromatic rings. The van der Waals surface area contributed by atoms with E-state index in [1.165, 1.54) is 12.1 Å². The molecule has 1 atom stereocenters. The number of hydrogen-bond acceptors (Lipinski definition) is 4. The molecule has 0 bridgehead atoms. The third-order valence-electron chi connectivity index (χ3n) is 6.15. The van der Waals surface area contributed by atoms with Crippen molar-refractivity contribution < 1.29 is 14.0 Å². The molecule has 1 aromatic carbocycles. The Labute approximate surface area is 175 Å². The minimum Gasteiger partial charge on any atom is -0.348 e. The van der Waals surface area contributed by atoms with Crippen molar-refractivity contribution in [2.75, 3.05) is 6.54 Å². The molecule has 0 spiro atoms. The van der Waals surface area contributed by atoms with Crippen molar-refractivity contribution in [2.24, 2.45) is 5.92 Å². The van der Waals surface area contributed by atoms with Crippen LogP contribution < -0.4 is 5.32 Å². The van der Waals surface area contributed by atoms with Gasteiger partial charge in [0.1, 0.15) is 5.82 Å². The smallest absolute Gasteiger partial charge is 0.254 e. The van der Waals surface area contributed by atoms with Crippen molar-refractivity contribution >= 4 is 11.8 Å². The third-order valence-corrected chi connectivity index (χ3v) is 6.15. The lowest BCUT2D eigenvalue weighted by Gasteiger charge is -2.39. The fourth-order valence-electron chi connectivity index (χ4n) is 4.10. The van der Waals surface area contributed by atoms with Crippen molar-refractivity contribution in [1.82, 2.24) is 20.2 Å². The van der Waals surface area contributed by atoms with Gasteiger partial charge in [0.05, 0.1) is 17.3 Å². The number of hydrogen-bond donors (Lipinski definition) is 1. The van der Waals surface area contributed by atoms with Gasteiger partial charge in [-0.25, -0.2) is 14.4 Å². The molecule has 4 rings (SSSR count). The minimum absolute atomic E-state index is 0.109. The number of amides is 2. The van der Waals surface area contributed by atoms with Gasteiger partial charge in [-0.15, -0.1) is 0 Å². The first-order valence-electron chi connectivity index (χ1n) is 10.7. The number of nitrogens with zero attached hydrogens (tertiary/aromatic N) is 3. The number of piperidine rings is 1. The molecule has 2 fully saturated rings. The summed E-state index contributed by atoms with van der Waals surface area (Å²) in [5.41, 5.74) is 1.82. The highest BCUT2D eigenvalue weighted by Gasteiger charge is 2.36. The number of aromatic nitrogens is 2. The first-order valence-corrected chi connectivity index (χ1v) is 10.7. The van der Waals surface area contributed by atoms with Crippen LogP contribution in [0.15, 0.2) is 30.5 Å². The van der Waals surface area contributed by atoms with E-state index in [-0.39, 0.29) is 29.6 Å². The van der Waals surface area contributed by atoms with Gasteiger partial charge in [-0.2, -0.15) is 0 Å². The number of carbonyl (C=O) groups is 2. The zero-order valence-corrected chi connectivity index (χ0v) is 17.2. The van der Waals surface area contributed by atoms with Gasteiger partial charge >= 0.3 is 0 Å². The summed E-state index contributed by atoms with van der Waals surface area (Å²) in [7, 11) is 0. The van der Waals surface area contributed by atoms with Gasteiger partial charge in [0, 0.05) is 25.2 Å². The van der Waals surface area contributed by atoms with Gasteiger partial charge in [-0.1, -0.05) is 18.6 Å². The molecular weight excluding hydrogens is 383 g/mol. The molecule has 6 nitrogen and oxygen atoms in total. The molecule has 0 unspecified atom stereocenters. The van der Waals surface area contributed by atoms with E-state index in [2.05, 4.69) is 15.3 Å². The predicted molar refractivity (Wildman–Crippen MR) is 110 cm³/mol. The number of halogens is 1. The molecule has 1 aromatic heterocycles. The zero-order chi connectivity index (χ0) is 21.1. The van der Waals surface area contributed by atoms with E-state index < -0.39 is 0 Å². The van der Waals surface area contributed by atoms with Gasteiger partial charge in [0.15, 0.2) is 5.82 Å². The molecule has 1 aliphatic carbocycles. The lowest BCUT2D eigenvalue weighted by atomic mass is 9.83. The number of benzene rings is 1. The number of aryl methyl sites for hydroxylation is 1. The lowest BCUT2D eigenvalue weighted by Crippen LogP contribution is -2.44. The number of carbonyl (C=O) groups excluding carboxylic acids is 2. The zero-order valence-electron chi connectivity index (χ0n) is 17.2. The summed E-state index contributed by atoms with van der Waals surface area (Å²) in [6, 6.07) is 5.90. The Morgan fingerprint density at radius 1 is 1.13 bits per heavy atom. The second-order valence-corrected chi connectivity index (χ2v) is 8.21. The summed E-state index contributed by atoms with van der Waals surface area (Å²) < 4.78 is 13.0. The second kappa shape index (κ2) is 8.90. The van der Waals surface area contributed by atoms with Crippen LogP contribution in [0.3, 0.4) is 0 Å². The molecule has 1 saturated carbocycles. The van der Waals surface area contributed by atoms with Crippen LogP contribution in [0.2, 0.25) is 0 Å². The van der Waals surface area contributed by atoms with Crippen molar-refractivity contribution in [1.29, 1.82) is 0 Å². The lowest BCUT2D eigenvalue weighted by molar-refractivity contribution is -0.142. The quantitative estimate of drug-likeness (QED) is 0.815. The number of likely N-dealkylation sites (tertiary alicyclic amines) is 1. The average molecular weight is 410 g/mol. The van der Waals surface area contributed by atoms with Crippen LogP contribution in [0.1, 0.15) is 72.0 Å². The van der Waals surface area contributed by atoms with E-state index in [0.29, 0.717) is 23.6 Å². The maximum Gasteiger partial charge on any atom is 0.254 e. The molecule has 30 heavy (non-hydrogen) atoms. The van der Waals surface area contributed by atoms with Crippen LogP contribution >= 0.6 is 0 Å². The van der Waals surface area contributed by atoms with Crippen LogP contribution in [0, 0.1) is 18.7 Å². The fourth-order valence-corrected chi connectivity index (χ4v) is 4.10. The van der Waals surface area contributed by atoms with E-state index in [1.807, 2.05) is 4.90 Å². The van der Waals surface area contributed by atoms with Gasteiger partial charge in [-0.3, -0.25) is 9.59 Å². The highest BCUT2D eigenvalue weighted by molar-refractivity contribution is 5.94. The molecule has 2 heterocycles. The topological polar surface area (TPSA) is 75.2 Å². The fraction of sp³-hybridized carbons (Fsp3) is 0.478. The van der Waals surface area contributed by atoms with E-state index in [9.17, 15) is 14.0 Å². The Morgan fingerprint density at radius 2 is 1.90 bits per heavy atom. The van der Waals surface area contributed by atoms with E-state index in [4.69, 9.17) is 0 Å². The Kier molecular flexibility index (Phi) is 6.06. The molecule has 7 heteroatoms. The monoisotopic (exact) mass is 410 g/mol. The number of rotatable bonds is 5. The number of nitrogens with one attached hydrogen (secondary N) is 1. The van der Waals surface area contributed by atoms with Gasteiger partial charge in [0.25, 0.3) is 5.91 Å². The highest BCUT2D eigenvalue weighted by atomic mass is 19.1. The van der Waals surface area contributed by atoms with Gasteiger partial charge in [-0.05, 0) is 56.7 Å². The third kappa shape index (κ3) is 4.35. The first-order chi connectivity index (χ1) is 14.5. The minimum atomic E-state index is -0.308. The summed E-state index contributed by atoms with van der Waals surface area (Å²) in [4.78, 5) is 36.5. The van der Waals surface area contributed by atoms with Crippen LogP contribution in [-0.4, -0.2) is 33.2 Å². The Balaban J connectivity index is 1.45.